The number of nitrogens with one attached hydrogen (secondary N) is 3. The number of amides is 4. The van der Waals surface area contributed by atoms with Crippen molar-refractivity contribution in [1.82, 2.24) is 10.6 Å². The summed E-state index contributed by atoms with van der Waals surface area (Å²) in [5, 5.41) is 10.5. The minimum absolute atomic E-state index is 0.0555. The van der Waals surface area contributed by atoms with Gasteiger partial charge in [0.15, 0.2) is 0 Å². The van der Waals surface area contributed by atoms with Crippen LogP contribution >= 0.6 is 0 Å². The fraction of sp³-hybridized carbons (Fsp3) is 0.235. The Morgan fingerprint density at radius 3 is 2.44 bits per heavy atom. The summed E-state index contributed by atoms with van der Waals surface area (Å²) in [6.45, 7) is 2.78. The number of hydrogen-bond acceptors (Lipinski definition) is 5. The number of anilines is 2. The van der Waals surface area contributed by atoms with E-state index in [4.69, 9.17) is 4.74 Å². The second-order valence-electron chi connectivity index (χ2n) is 10.3. The fourth-order valence-corrected chi connectivity index (χ4v) is 5.21. The van der Waals surface area contributed by atoms with Gasteiger partial charge in [0.1, 0.15) is 6.42 Å². The number of fused-ring (bicyclic) bond motifs is 2. The third-order valence-electron chi connectivity index (χ3n) is 7.33. The molecular formula is C34H34N4O5. The van der Waals surface area contributed by atoms with Crippen molar-refractivity contribution in [3.05, 3.63) is 108 Å². The Bertz CT molecular complexity index is 1640. The van der Waals surface area contributed by atoms with Crippen LogP contribution in [0.1, 0.15) is 42.5 Å². The van der Waals surface area contributed by atoms with Crippen molar-refractivity contribution in [1.29, 1.82) is 0 Å². The monoisotopic (exact) mass is 578 g/mol. The zero-order valence-electron chi connectivity index (χ0n) is 24.0. The Labute approximate surface area is 250 Å². The van der Waals surface area contributed by atoms with Gasteiger partial charge in [-0.1, -0.05) is 72.8 Å². The van der Waals surface area contributed by atoms with E-state index in [1.807, 2.05) is 78.9 Å². The Morgan fingerprint density at radius 1 is 0.884 bits per heavy atom. The molecule has 1 atom stereocenters. The van der Waals surface area contributed by atoms with E-state index in [0.717, 1.165) is 27.5 Å². The highest BCUT2D eigenvalue weighted by atomic mass is 16.5. The molecule has 0 aliphatic carbocycles. The number of ether oxygens (including phenoxy) is 1. The van der Waals surface area contributed by atoms with E-state index in [1.54, 1.807) is 24.0 Å². The minimum Gasteiger partial charge on any atom is -0.466 e. The van der Waals surface area contributed by atoms with Gasteiger partial charge in [-0.05, 0) is 59.0 Å². The summed E-state index contributed by atoms with van der Waals surface area (Å²) in [5.74, 6) is -1.29. The summed E-state index contributed by atoms with van der Waals surface area (Å²) in [6.07, 6.45) is 0.202. The first kappa shape index (κ1) is 29.3. The summed E-state index contributed by atoms with van der Waals surface area (Å²) >= 11 is 0. The van der Waals surface area contributed by atoms with Crippen molar-refractivity contribution in [2.24, 2.45) is 0 Å². The van der Waals surface area contributed by atoms with Crippen LogP contribution in [0.4, 0.5) is 16.2 Å². The molecule has 5 rings (SSSR count). The lowest BCUT2D eigenvalue weighted by Gasteiger charge is -2.21. The Hall–Kier alpha value is -5.18. The number of nitrogens with zero attached hydrogens (tertiary/aromatic N) is 1. The number of urea groups is 1. The van der Waals surface area contributed by atoms with Gasteiger partial charge in [0.25, 0.3) is 0 Å². The molecule has 9 heteroatoms. The number of carbonyl (C=O) groups is 4. The van der Waals surface area contributed by atoms with Gasteiger partial charge in [0, 0.05) is 24.5 Å². The van der Waals surface area contributed by atoms with Crippen molar-refractivity contribution in [3.63, 3.8) is 0 Å². The summed E-state index contributed by atoms with van der Waals surface area (Å²) in [6, 6.07) is 27.6. The zero-order chi connectivity index (χ0) is 30.2. The highest BCUT2D eigenvalue weighted by molar-refractivity contribution is 6.06. The molecule has 0 aromatic heterocycles. The summed E-state index contributed by atoms with van der Waals surface area (Å²) in [4.78, 5) is 52.9. The Kier molecular flexibility index (Phi) is 9.31. The highest BCUT2D eigenvalue weighted by Crippen LogP contribution is 2.31. The predicted octanol–water partition coefficient (Wildman–Crippen LogP) is 5.25. The topological polar surface area (TPSA) is 117 Å². The molecule has 220 valence electrons. The third kappa shape index (κ3) is 7.56. The molecule has 1 heterocycles. The van der Waals surface area contributed by atoms with Crippen molar-refractivity contribution >= 4 is 46.0 Å². The van der Waals surface area contributed by atoms with Gasteiger partial charge in [-0.3, -0.25) is 14.4 Å². The molecule has 0 spiro atoms. The van der Waals surface area contributed by atoms with E-state index in [0.29, 0.717) is 30.9 Å². The fourth-order valence-electron chi connectivity index (χ4n) is 5.21. The standard InChI is InChI=1S/C34H34N4O5/c1-2-43-33(41)20-29(27-13-12-24-10-6-7-11-26(24)18-27)37-31(39)21-32(40)38-17-16-25-14-15-28(19-30(25)38)36-34(42)35-22-23-8-4-3-5-9-23/h3-15,18-19,29H,2,16-17,20-22H2,1H3,(H,37,39)(H2,35,36,42). The first-order valence-corrected chi connectivity index (χ1v) is 14.4. The summed E-state index contributed by atoms with van der Waals surface area (Å²) < 4.78 is 5.14. The Morgan fingerprint density at radius 2 is 1.65 bits per heavy atom. The van der Waals surface area contributed by atoms with E-state index < -0.39 is 17.9 Å². The largest absolute Gasteiger partial charge is 0.466 e. The summed E-state index contributed by atoms with van der Waals surface area (Å²) in [5.41, 5.74) is 3.89. The number of benzene rings is 4. The molecule has 4 amide bonds. The molecule has 0 fully saturated rings. The van der Waals surface area contributed by atoms with Crippen molar-refractivity contribution in [2.45, 2.75) is 38.8 Å². The molecule has 0 saturated carbocycles. The van der Waals surface area contributed by atoms with Crippen LogP contribution in [-0.2, 0) is 32.1 Å². The SMILES string of the molecule is CCOC(=O)CC(NC(=O)CC(=O)N1CCc2ccc(NC(=O)NCc3ccccc3)cc21)c1ccc2ccccc2c1. The van der Waals surface area contributed by atoms with Gasteiger partial charge in [-0.25, -0.2) is 4.79 Å². The maximum Gasteiger partial charge on any atom is 0.319 e. The average Bonchev–Trinajstić information content (AvgIpc) is 3.43. The molecule has 43 heavy (non-hydrogen) atoms. The quantitative estimate of drug-likeness (QED) is 0.176. The van der Waals surface area contributed by atoms with Crippen molar-refractivity contribution < 1.29 is 23.9 Å². The molecule has 4 aromatic rings. The first-order chi connectivity index (χ1) is 20.9. The van der Waals surface area contributed by atoms with Crippen LogP contribution in [-0.4, -0.2) is 37.0 Å². The normalized spacial score (nSPS) is 12.7. The van der Waals surface area contributed by atoms with Crippen molar-refractivity contribution in [2.75, 3.05) is 23.4 Å². The van der Waals surface area contributed by atoms with E-state index in [-0.39, 0.29) is 31.4 Å². The molecular weight excluding hydrogens is 544 g/mol. The predicted molar refractivity (Wildman–Crippen MR) is 165 cm³/mol. The molecule has 1 aliphatic rings. The molecule has 4 aromatic carbocycles. The van der Waals surface area contributed by atoms with Gasteiger partial charge in [0.2, 0.25) is 11.8 Å². The number of rotatable bonds is 10. The Balaban J connectivity index is 1.23. The number of hydrogen-bond donors (Lipinski definition) is 3. The van der Waals surface area contributed by atoms with Crippen molar-refractivity contribution in [3.8, 4) is 0 Å². The molecule has 0 saturated heterocycles. The maximum atomic E-state index is 13.3. The smallest absolute Gasteiger partial charge is 0.319 e. The molecule has 9 nitrogen and oxygen atoms in total. The number of carbonyl (C=O) groups excluding carboxylic acids is 4. The van der Waals surface area contributed by atoms with Gasteiger partial charge < -0.3 is 25.6 Å². The first-order valence-electron chi connectivity index (χ1n) is 14.4. The van der Waals surface area contributed by atoms with Crippen LogP contribution in [0.2, 0.25) is 0 Å². The van der Waals surface area contributed by atoms with E-state index in [9.17, 15) is 19.2 Å². The summed E-state index contributed by atoms with van der Waals surface area (Å²) in [7, 11) is 0. The maximum absolute atomic E-state index is 13.3. The second kappa shape index (κ2) is 13.7. The minimum atomic E-state index is -0.653. The van der Waals surface area contributed by atoms with E-state index in [1.165, 1.54) is 0 Å². The van der Waals surface area contributed by atoms with Crippen LogP contribution in [0.5, 0.6) is 0 Å². The lowest BCUT2D eigenvalue weighted by molar-refractivity contribution is -0.143. The van der Waals surface area contributed by atoms with Gasteiger partial charge in [-0.15, -0.1) is 0 Å². The molecule has 0 bridgehead atoms. The molecule has 0 radical (unpaired) electrons. The van der Waals surface area contributed by atoms with Gasteiger partial charge in [0.05, 0.1) is 19.1 Å². The molecule has 1 unspecified atom stereocenters. The van der Waals surface area contributed by atoms with Crippen LogP contribution in [0.15, 0.2) is 91.0 Å². The lowest BCUT2D eigenvalue weighted by Crippen LogP contribution is -2.37. The zero-order valence-corrected chi connectivity index (χ0v) is 24.0. The third-order valence-corrected chi connectivity index (χ3v) is 7.33. The average molecular weight is 579 g/mol. The lowest BCUT2D eigenvalue weighted by atomic mass is 9.99. The highest BCUT2D eigenvalue weighted by Gasteiger charge is 2.28. The number of esters is 1. The van der Waals surface area contributed by atoms with Crippen LogP contribution in [0.25, 0.3) is 10.8 Å². The van der Waals surface area contributed by atoms with Crippen LogP contribution in [0, 0.1) is 0 Å². The molecule has 3 N–H and O–H groups in total. The molecule has 1 aliphatic heterocycles. The van der Waals surface area contributed by atoms with Gasteiger partial charge >= 0.3 is 12.0 Å². The van der Waals surface area contributed by atoms with Gasteiger partial charge in [-0.2, -0.15) is 0 Å². The van der Waals surface area contributed by atoms with Crippen LogP contribution in [0.3, 0.4) is 0 Å². The second-order valence-corrected chi connectivity index (χ2v) is 10.3. The van der Waals surface area contributed by atoms with Crippen LogP contribution < -0.4 is 20.9 Å². The van der Waals surface area contributed by atoms with E-state index in [2.05, 4.69) is 16.0 Å². The van der Waals surface area contributed by atoms with E-state index >= 15 is 0 Å².